The molecule has 1 saturated carbocycles. The number of sulfonamides is 1. The van der Waals surface area contributed by atoms with E-state index >= 15 is 0 Å². The number of aliphatic hydroxyl groups excluding tert-OH is 1. The summed E-state index contributed by atoms with van der Waals surface area (Å²) in [6.45, 7) is 1.76. The topological polar surface area (TPSA) is 92.4 Å². The molecule has 0 heterocycles. The van der Waals surface area contributed by atoms with Crippen LogP contribution in [0.2, 0.25) is 0 Å². The van der Waals surface area contributed by atoms with Crippen molar-refractivity contribution in [1.29, 1.82) is 0 Å². The molecule has 0 aromatic heterocycles. The van der Waals surface area contributed by atoms with E-state index in [-0.39, 0.29) is 17.2 Å². The molecular formula is C14H21FN2O3S. The molecule has 2 unspecified atom stereocenters. The number of nitrogens with one attached hydrogen (secondary N) is 1. The van der Waals surface area contributed by atoms with Crippen LogP contribution in [-0.4, -0.2) is 25.7 Å². The molecule has 1 fully saturated rings. The molecule has 4 N–H and O–H groups in total. The zero-order valence-corrected chi connectivity index (χ0v) is 12.8. The summed E-state index contributed by atoms with van der Waals surface area (Å²) >= 11 is 0. The van der Waals surface area contributed by atoms with E-state index < -0.39 is 21.4 Å². The Bertz CT molecular complexity index is 621. The predicted molar refractivity (Wildman–Crippen MR) is 78.6 cm³/mol. The van der Waals surface area contributed by atoms with Gasteiger partial charge in [0.25, 0.3) is 0 Å². The molecule has 0 spiro atoms. The number of nitrogens with two attached hydrogens (primary N) is 1. The normalized spacial score (nSPS) is 26.7. The van der Waals surface area contributed by atoms with E-state index in [1.54, 1.807) is 0 Å². The highest BCUT2D eigenvalue weighted by molar-refractivity contribution is 7.89. The lowest BCUT2D eigenvalue weighted by Gasteiger charge is -2.39. The molecule has 5 nitrogen and oxygen atoms in total. The van der Waals surface area contributed by atoms with E-state index in [0.29, 0.717) is 18.8 Å². The number of halogens is 1. The molecule has 7 heteroatoms. The second-order valence-corrected chi connectivity index (χ2v) is 7.61. The van der Waals surface area contributed by atoms with Crippen LogP contribution in [0.4, 0.5) is 10.1 Å². The highest BCUT2D eigenvalue weighted by Gasteiger charge is 2.38. The Balaban J connectivity index is 2.28. The molecule has 1 aromatic rings. The lowest BCUT2D eigenvalue weighted by Crippen LogP contribution is -2.53. The lowest BCUT2D eigenvalue weighted by molar-refractivity contribution is 0.119. The van der Waals surface area contributed by atoms with Crippen LogP contribution in [0.25, 0.3) is 0 Å². The van der Waals surface area contributed by atoms with E-state index in [0.717, 1.165) is 18.9 Å². The number of anilines is 1. The Kier molecular flexibility index (Phi) is 4.55. The molecule has 0 aliphatic heterocycles. The van der Waals surface area contributed by atoms with Crippen molar-refractivity contribution in [3.05, 3.63) is 24.0 Å². The Hall–Kier alpha value is -1.18. The number of rotatable bonds is 4. The van der Waals surface area contributed by atoms with Crippen molar-refractivity contribution in [2.75, 3.05) is 12.3 Å². The fraction of sp³-hybridized carbons (Fsp3) is 0.571. The van der Waals surface area contributed by atoms with Crippen molar-refractivity contribution in [3.8, 4) is 0 Å². The number of hydrogen-bond donors (Lipinski definition) is 3. The quantitative estimate of drug-likeness (QED) is 0.736. The van der Waals surface area contributed by atoms with Crippen molar-refractivity contribution in [1.82, 2.24) is 4.72 Å². The number of benzene rings is 1. The van der Waals surface area contributed by atoms with Crippen LogP contribution in [0.15, 0.2) is 23.1 Å². The molecule has 1 aliphatic carbocycles. The molecule has 21 heavy (non-hydrogen) atoms. The van der Waals surface area contributed by atoms with Crippen molar-refractivity contribution in [3.63, 3.8) is 0 Å². The largest absolute Gasteiger partial charge is 0.396 e. The average molecular weight is 316 g/mol. The summed E-state index contributed by atoms with van der Waals surface area (Å²) in [4.78, 5) is -0.180. The van der Waals surface area contributed by atoms with Gasteiger partial charge in [0.2, 0.25) is 10.0 Å². The maximum absolute atomic E-state index is 13.5. The second kappa shape index (κ2) is 5.90. The van der Waals surface area contributed by atoms with Gasteiger partial charge in [0.15, 0.2) is 0 Å². The van der Waals surface area contributed by atoms with Gasteiger partial charge < -0.3 is 10.8 Å². The molecule has 2 atom stereocenters. The van der Waals surface area contributed by atoms with Crippen molar-refractivity contribution in [2.45, 2.75) is 43.0 Å². The molecule has 1 aromatic carbocycles. The van der Waals surface area contributed by atoms with Gasteiger partial charge in [0.05, 0.1) is 22.7 Å². The molecule has 0 amide bonds. The summed E-state index contributed by atoms with van der Waals surface area (Å²) in [7, 11) is -3.90. The third-order valence-electron chi connectivity index (χ3n) is 4.03. The number of hydrogen-bond acceptors (Lipinski definition) is 4. The SMILES string of the molecule is CC1CCCC(CO)(NS(=O)(=O)c2ccc(N)c(F)c2)C1. The highest BCUT2D eigenvalue weighted by Crippen LogP contribution is 2.33. The summed E-state index contributed by atoms with van der Waals surface area (Å²) in [6, 6.07) is 3.38. The van der Waals surface area contributed by atoms with Crippen LogP contribution in [-0.2, 0) is 10.0 Å². The lowest BCUT2D eigenvalue weighted by atomic mass is 9.78. The first-order valence-electron chi connectivity index (χ1n) is 6.98. The third-order valence-corrected chi connectivity index (χ3v) is 5.60. The van der Waals surface area contributed by atoms with Crippen LogP contribution < -0.4 is 10.5 Å². The summed E-state index contributed by atoms with van der Waals surface area (Å²) in [5.41, 5.74) is 4.39. The zero-order chi connectivity index (χ0) is 15.7. The molecule has 0 saturated heterocycles. The number of nitrogen functional groups attached to an aromatic ring is 1. The van der Waals surface area contributed by atoms with Crippen molar-refractivity contribution < 1.29 is 17.9 Å². The second-order valence-electron chi connectivity index (χ2n) is 5.93. The van der Waals surface area contributed by atoms with E-state index in [1.165, 1.54) is 12.1 Å². The third kappa shape index (κ3) is 3.53. The smallest absolute Gasteiger partial charge is 0.241 e. The minimum Gasteiger partial charge on any atom is -0.396 e. The van der Waals surface area contributed by atoms with Crippen LogP contribution >= 0.6 is 0 Å². The molecule has 2 rings (SSSR count). The van der Waals surface area contributed by atoms with E-state index in [1.807, 2.05) is 6.92 Å². The molecule has 0 radical (unpaired) electrons. The van der Waals surface area contributed by atoms with Gasteiger partial charge >= 0.3 is 0 Å². The predicted octanol–water partition coefficient (Wildman–Crippen LogP) is 1.63. The standard InChI is InChI=1S/C14H21FN2O3S/c1-10-3-2-6-14(8-10,9-18)17-21(19,20)11-4-5-13(16)12(15)7-11/h4-5,7,10,17-18H,2-3,6,8-9,16H2,1H3. The van der Waals surface area contributed by atoms with Crippen molar-refractivity contribution >= 4 is 15.7 Å². The molecule has 118 valence electrons. The fourth-order valence-corrected chi connectivity index (χ4v) is 4.39. The molecule has 1 aliphatic rings. The van der Waals surface area contributed by atoms with Gasteiger partial charge in [-0.3, -0.25) is 0 Å². The van der Waals surface area contributed by atoms with Gasteiger partial charge in [-0.1, -0.05) is 19.8 Å². The first-order chi connectivity index (χ1) is 9.78. The van der Waals surface area contributed by atoms with Crippen LogP contribution in [0.3, 0.4) is 0 Å². The monoisotopic (exact) mass is 316 g/mol. The van der Waals surface area contributed by atoms with Gasteiger partial charge in [-0.15, -0.1) is 0 Å². The highest BCUT2D eigenvalue weighted by atomic mass is 32.2. The maximum Gasteiger partial charge on any atom is 0.241 e. The van der Waals surface area contributed by atoms with Crippen LogP contribution in [0.1, 0.15) is 32.6 Å². The fourth-order valence-electron chi connectivity index (χ4n) is 2.95. The van der Waals surface area contributed by atoms with E-state index in [4.69, 9.17) is 5.73 Å². The van der Waals surface area contributed by atoms with Gasteiger partial charge in [-0.05, 0) is 37.0 Å². The van der Waals surface area contributed by atoms with Gasteiger partial charge in [-0.25, -0.2) is 17.5 Å². The molecule has 0 bridgehead atoms. The van der Waals surface area contributed by atoms with Gasteiger partial charge in [0, 0.05) is 0 Å². The Morgan fingerprint density at radius 1 is 1.52 bits per heavy atom. The maximum atomic E-state index is 13.5. The number of aliphatic hydroxyl groups is 1. The summed E-state index contributed by atoms with van der Waals surface area (Å²) in [5, 5.41) is 9.65. The van der Waals surface area contributed by atoms with Gasteiger partial charge in [0.1, 0.15) is 5.82 Å². The first-order valence-corrected chi connectivity index (χ1v) is 8.46. The van der Waals surface area contributed by atoms with Crippen LogP contribution in [0.5, 0.6) is 0 Å². The molecular weight excluding hydrogens is 295 g/mol. The van der Waals surface area contributed by atoms with E-state index in [9.17, 15) is 17.9 Å². The average Bonchev–Trinajstić information content (AvgIpc) is 2.41. The Morgan fingerprint density at radius 3 is 2.81 bits per heavy atom. The Morgan fingerprint density at radius 2 is 2.24 bits per heavy atom. The van der Waals surface area contributed by atoms with Crippen LogP contribution in [0, 0.1) is 11.7 Å². The minimum atomic E-state index is -3.90. The van der Waals surface area contributed by atoms with E-state index in [2.05, 4.69) is 4.72 Å². The summed E-state index contributed by atoms with van der Waals surface area (Å²) in [5.74, 6) is -0.440. The van der Waals surface area contributed by atoms with Crippen molar-refractivity contribution in [2.24, 2.45) is 5.92 Å². The zero-order valence-electron chi connectivity index (χ0n) is 12.0. The van der Waals surface area contributed by atoms with Gasteiger partial charge in [-0.2, -0.15) is 0 Å². The minimum absolute atomic E-state index is 0.0999. The summed E-state index contributed by atoms with van der Waals surface area (Å²) < 4.78 is 40.8. The first kappa shape index (κ1) is 16.2. The summed E-state index contributed by atoms with van der Waals surface area (Å²) in [6.07, 6.45) is 3.00. The Labute approximate surface area is 124 Å².